The number of nitrogens with zero attached hydrogens (tertiary/aromatic N) is 1. The van der Waals surface area contributed by atoms with Crippen molar-refractivity contribution in [1.29, 1.82) is 0 Å². The standard InChI is InChI=1S/C22H23N5O12S/c23-12(19(31)32)7-38-22(36)25-10-3-1-9(2-4-10)16(39-8-28)17(30)26-18-11(6-37-21(24)35)15(20(33)34)27-13(29)5-14(27)40-18/h1-4,8,12,14,16,18H,5-7,23H2,(H2,24,35)(H,25,36)(H,26,30)(H,31,32)(H,33,34)/t12-,14+,16?,18?/m1/s1. The maximum atomic E-state index is 13.2. The number of rotatable bonds is 12. The lowest BCUT2D eigenvalue weighted by Gasteiger charge is -2.46. The van der Waals surface area contributed by atoms with Crippen LogP contribution in [0.3, 0.4) is 0 Å². The molecule has 0 aromatic heterocycles. The van der Waals surface area contributed by atoms with Gasteiger partial charge in [0, 0.05) is 16.8 Å². The largest absolute Gasteiger partial charge is 0.480 e. The van der Waals surface area contributed by atoms with Crippen molar-refractivity contribution in [2.45, 2.75) is 29.3 Å². The molecule has 0 radical (unpaired) electrons. The molecule has 0 bridgehead atoms. The molecule has 8 N–H and O–H groups in total. The number of primary amides is 1. The monoisotopic (exact) mass is 581 g/mol. The Hall–Kier alpha value is -4.84. The zero-order chi connectivity index (χ0) is 29.6. The van der Waals surface area contributed by atoms with Gasteiger partial charge in [-0.1, -0.05) is 12.1 Å². The van der Waals surface area contributed by atoms with Crippen LogP contribution in [-0.4, -0.2) is 87.5 Å². The highest BCUT2D eigenvalue weighted by Gasteiger charge is 2.49. The molecule has 4 atom stereocenters. The van der Waals surface area contributed by atoms with Gasteiger partial charge in [0.1, 0.15) is 30.3 Å². The molecule has 17 nitrogen and oxygen atoms in total. The summed E-state index contributed by atoms with van der Waals surface area (Å²) in [6.45, 7) is -1.20. The van der Waals surface area contributed by atoms with Gasteiger partial charge in [0.05, 0.1) is 11.8 Å². The van der Waals surface area contributed by atoms with Gasteiger partial charge in [-0.2, -0.15) is 0 Å². The van der Waals surface area contributed by atoms with E-state index in [1.165, 1.54) is 24.3 Å². The first kappa shape index (κ1) is 29.7. The summed E-state index contributed by atoms with van der Waals surface area (Å²) in [7, 11) is 0. The van der Waals surface area contributed by atoms with E-state index < -0.39 is 77.7 Å². The van der Waals surface area contributed by atoms with Crippen LogP contribution in [-0.2, 0) is 38.2 Å². The summed E-state index contributed by atoms with van der Waals surface area (Å²) in [5.74, 6) is -4.20. The van der Waals surface area contributed by atoms with E-state index in [0.29, 0.717) is 0 Å². The number of carbonyl (C=O) groups is 7. The van der Waals surface area contributed by atoms with E-state index >= 15 is 0 Å². The van der Waals surface area contributed by atoms with Crippen LogP contribution in [0.1, 0.15) is 18.1 Å². The maximum absolute atomic E-state index is 13.2. The first-order chi connectivity index (χ1) is 18.9. The van der Waals surface area contributed by atoms with E-state index in [9.17, 15) is 38.7 Å². The molecule has 0 spiro atoms. The summed E-state index contributed by atoms with van der Waals surface area (Å²) >= 11 is 1.01. The Labute approximate surface area is 228 Å². The summed E-state index contributed by atoms with van der Waals surface area (Å²) in [5, 5.41) is 21.6. The molecular weight excluding hydrogens is 558 g/mol. The van der Waals surface area contributed by atoms with Gasteiger partial charge >= 0.3 is 24.1 Å². The normalized spacial score (nSPS) is 19.2. The highest BCUT2D eigenvalue weighted by molar-refractivity contribution is 8.00. The third-order valence-electron chi connectivity index (χ3n) is 5.51. The van der Waals surface area contributed by atoms with Crippen molar-refractivity contribution < 1.29 is 58.0 Å². The molecule has 1 fully saturated rings. The number of anilines is 1. The lowest BCUT2D eigenvalue weighted by molar-refractivity contribution is -0.146. The Bertz CT molecular complexity index is 1250. The van der Waals surface area contributed by atoms with Crippen LogP contribution >= 0.6 is 11.8 Å². The van der Waals surface area contributed by atoms with Crippen LogP contribution in [0.5, 0.6) is 0 Å². The van der Waals surface area contributed by atoms with Gasteiger partial charge in [0.2, 0.25) is 12.0 Å². The summed E-state index contributed by atoms with van der Waals surface area (Å²) in [6.07, 6.45) is -3.73. The van der Waals surface area contributed by atoms with Crippen molar-refractivity contribution in [3.63, 3.8) is 0 Å². The third-order valence-corrected chi connectivity index (χ3v) is 6.87. The van der Waals surface area contributed by atoms with E-state index in [1.54, 1.807) is 0 Å². The average Bonchev–Trinajstić information content (AvgIpc) is 2.89. The van der Waals surface area contributed by atoms with Crippen LogP contribution in [0.2, 0.25) is 0 Å². The molecule has 2 unspecified atom stereocenters. The summed E-state index contributed by atoms with van der Waals surface area (Å²) in [4.78, 5) is 83.0. The molecule has 2 aliphatic rings. The molecule has 3 rings (SSSR count). The number of aliphatic carboxylic acids is 2. The van der Waals surface area contributed by atoms with Crippen LogP contribution < -0.4 is 22.1 Å². The minimum atomic E-state index is -1.53. The first-order valence-corrected chi connectivity index (χ1v) is 12.1. The Balaban J connectivity index is 1.76. The minimum absolute atomic E-state index is 0.00514. The van der Waals surface area contributed by atoms with Gasteiger partial charge in [-0.05, 0) is 12.1 Å². The van der Waals surface area contributed by atoms with Crippen molar-refractivity contribution in [3.8, 4) is 0 Å². The number of amides is 4. The van der Waals surface area contributed by atoms with Gasteiger partial charge in [-0.3, -0.25) is 29.4 Å². The van der Waals surface area contributed by atoms with Crippen LogP contribution in [0, 0.1) is 0 Å². The predicted molar refractivity (Wildman–Crippen MR) is 132 cm³/mol. The number of thioether (sulfide) groups is 1. The molecule has 1 saturated heterocycles. The molecule has 0 saturated carbocycles. The van der Waals surface area contributed by atoms with Crippen molar-refractivity contribution in [2.75, 3.05) is 18.5 Å². The fourth-order valence-electron chi connectivity index (χ4n) is 3.62. The number of carboxylic acids is 2. The average molecular weight is 582 g/mol. The molecule has 1 aromatic rings. The molecule has 0 aliphatic carbocycles. The second kappa shape index (κ2) is 12.8. The second-order valence-electron chi connectivity index (χ2n) is 8.14. The smallest absolute Gasteiger partial charge is 0.411 e. The zero-order valence-electron chi connectivity index (χ0n) is 20.3. The van der Waals surface area contributed by atoms with E-state index in [0.717, 1.165) is 16.7 Å². The number of fused-ring (bicyclic) bond motifs is 1. The lowest BCUT2D eigenvalue weighted by Crippen LogP contribution is -2.58. The number of hydrogen-bond acceptors (Lipinski definition) is 12. The van der Waals surface area contributed by atoms with Crippen LogP contribution in [0.4, 0.5) is 15.3 Å². The van der Waals surface area contributed by atoms with Gasteiger partial charge in [0.15, 0.2) is 0 Å². The van der Waals surface area contributed by atoms with Gasteiger partial charge in [-0.25, -0.2) is 14.4 Å². The van der Waals surface area contributed by atoms with Crippen LogP contribution in [0.15, 0.2) is 35.5 Å². The molecule has 2 aliphatic heterocycles. The summed E-state index contributed by atoms with van der Waals surface area (Å²) in [6, 6.07) is 3.94. The summed E-state index contributed by atoms with van der Waals surface area (Å²) in [5.41, 5.74) is 10.00. The van der Waals surface area contributed by atoms with Crippen LogP contribution in [0.25, 0.3) is 0 Å². The SMILES string of the molecule is NC(=O)OCC1=C(C(=O)O)N2C(=O)C[C@@H]2SC1NC(=O)C(OC=O)c1ccc(NC(=O)OC[C@@H](N)C(=O)O)cc1. The van der Waals surface area contributed by atoms with Crippen molar-refractivity contribution in [3.05, 3.63) is 41.1 Å². The molecule has 1 aromatic carbocycles. The van der Waals surface area contributed by atoms with Crippen molar-refractivity contribution >= 4 is 59.9 Å². The van der Waals surface area contributed by atoms with E-state index in [4.69, 9.17) is 30.8 Å². The lowest BCUT2D eigenvalue weighted by atomic mass is 10.1. The first-order valence-electron chi connectivity index (χ1n) is 11.2. The fourth-order valence-corrected chi connectivity index (χ4v) is 5.05. The second-order valence-corrected chi connectivity index (χ2v) is 9.42. The fraction of sp³-hybridized carbons (Fsp3) is 0.318. The molecule has 2 heterocycles. The minimum Gasteiger partial charge on any atom is -0.480 e. The number of carboxylic acid groups (broad SMARTS) is 2. The van der Waals surface area contributed by atoms with Crippen molar-refractivity contribution in [2.24, 2.45) is 11.5 Å². The van der Waals surface area contributed by atoms with Gasteiger partial charge in [0.25, 0.3) is 12.4 Å². The van der Waals surface area contributed by atoms with E-state index in [2.05, 4.69) is 10.6 Å². The number of β-lactam (4-membered cyclic amide) rings is 1. The Morgan fingerprint density at radius 3 is 2.38 bits per heavy atom. The molecular formula is C22H23N5O12S. The van der Waals surface area contributed by atoms with Gasteiger partial charge < -0.3 is 41.2 Å². The quantitative estimate of drug-likeness (QED) is 0.0986. The van der Waals surface area contributed by atoms with E-state index in [1.807, 2.05) is 0 Å². The predicted octanol–water partition coefficient (Wildman–Crippen LogP) is -0.957. The van der Waals surface area contributed by atoms with Gasteiger partial charge in [-0.15, -0.1) is 11.8 Å². The molecule has 18 heteroatoms. The Morgan fingerprint density at radius 2 is 1.82 bits per heavy atom. The van der Waals surface area contributed by atoms with Crippen molar-refractivity contribution in [1.82, 2.24) is 10.2 Å². The topological polar surface area (TPSA) is 267 Å². The van der Waals surface area contributed by atoms with E-state index in [-0.39, 0.29) is 29.7 Å². The Morgan fingerprint density at radius 1 is 1.15 bits per heavy atom. The number of carbonyl (C=O) groups excluding carboxylic acids is 5. The number of benzene rings is 1. The maximum Gasteiger partial charge on any atom is 0.411 e. The summed E-state index contributed by atoms with van der Waals surface area (Å²) < 4.78 is 14.4. The number of hydrogen-bond donors (Lipinski definition) is 6. The zero-order valence-corrected chi connectivity index (χ0v) is 21.1. The molecule has 4 amide bonds. The Kier molecular flexibility index (Phi) is 9.51. The highest BCUT2D eigenvalue weighted by Crippen LogP contribution is 2.43. The molecule has 214 valence electrons. The number of ether oxygens (including phenoxy) is 3. The highest BCUT2D eigenvalue weighted by atomic mass is 32.2. The third kappa shape index (κ3) is 6.97. The number of nitrogens with one attached hydrogen (secondary N) is 2. The number of nitrogens with two attached hydrogens (primary N) is 2. The molecule has 40 heavy (non-hydrogen) atoms.